The molecule has 0 amide bonds. The number of thioether (sulfide) groups is 1. The van der Waals surface area contributed by atoms with Crippen LogP contribution < -0.4 is 9.47 Å². The van der Waals surface area contributed by atoms with Crippen LogP contribution in [0.15, 0.2) is 49.3 Å². The number of aromatic nitrogens is 2. The third-order valence-corrected chi connectivity index (χ3v) is 5.88. The highest BCUT2D eigenvalue weighted by molar-refractivity contribution is 9.10. The Morgan fingerprint density at radius 2 is 2.06 bits per heavy atom. The zero-order valence-electron chi connectivity index (χ0n) is 16.2. The molecule has 7 nitrogen and oxygen atoms in total. The van der Waals surface area contributed by atoms with Gasteiger partial charge in [0.25, 0.3) is 5.22 Å². The molecule has 1 N–H and O–H groups in total. The van der Waals surface area contributed by atoms with Gasteiger partial charge in [-0.25, -0.2) is 4.79 Å². The zero-order valence-corrected chi connectivity index (χ0v) is 20.1. The van der Waals surface area contributed by atoms with E-state index < -0.39 is 5.97 Å². The summed E-state index contributed by atoms with van der Waals surface area (Å²) in [7, 11) is 1.49. The molecule has 0 aliphatic rings. The normalized spacial score (nSPS) is 11.5. The Hall–Kier alpha value is -2.20. The molecule has 0 saturated carbocycles. The number of methoxy groups -OCH3 is 1. The second-order valence-electron chi connectivity index (χ2n) is 6.06. The van der Waals surface area contributed by atoms with Gasteiger partial charge < -0.3 is 19.0 Å². The van der Waals surface area contributed by atoms with Crippen molar-refractivity contribution in [3.05, 3.63) is 66.8 Å². The molecule has 0 atom stereocenters. The van der Waals surface area contributed by atoms with E-state index in [1.807, 2.05) is 0 Å². The van der Waals surface area contributed by atoms with Crippen molar-refractivity contribution < 1.29 is 23.8 Å². The van der Waals surface area contributed by atoms with Crippen molar-refractivity contribution in [2.24, 2.45) is 0 Å². The van der Waals surface area contributed by atoms with Crippen molar-refractivity contribution in [3.8, 4) is 11.5 Å². The van der Waals surface area contributed by atoms with Crippen LogP contribution in [0.3, 0.4) is 0 Å². The number of aliphatic carboxylic acids is 1. The third-order valence-electron chi connectivity index (χ3n) is 3.85. The SMILES string of the molecule is COc1cc(/C=C(\Sc2nnc(C)o2)C(=O)O)cc(Br)c1OCc1ccc(Cl)cc1Cl. The van der Waals surface area contributed by atoms with Crippen LogP contribution in [-0.4, -0.2) is 28.4 Å². The van der Waals surface area contributed by atoms with Crippen LogP contribution in [0.5, 0.6) is 11.5 Å². The second-order valence-corrected chi connectivity index (χ2v) is 8.75. The van der Waals surface area contributed by atoms with E-state index in [0.29, 0.717) is 37.5 Å². The number of hydrogen-bond donors (Lipinski definition) is 1. The minimum Gasteiger partial charge on any atom is -0.493 e. The van der Waals surface area contributed by atoms with Crippen molar-refractivity contribution in [2.75, 3.05) is 7.11 Å². The van der Waals surface area contributed by atoms with Gasteiger partial charge in [0.15, 0.2) is 11.5 Å². The monoisotopic (exact) mass is 544 g/mol. The topological polar surface area (TPSA) is 94.7 Å². The number of rotatable bonds is 8. The quantitative estimate of drug-likeness (QED) is 0.262. The van der Waals surface area contributed by atoms with Gasteiger partial charge in [-0.3, -0.25) is 0 Å². The molecule has 3 aromatic rings. The van der Waals surface area contributed by atoms with Gasteiger partial charge in [0.05, 0.1) is 11.6 Å². The van der Waals surface area contributed by atoms with E-state index in [1.54, 1.807) is 37.3 Å². The number of nitrogens with zero attached hydrogens (tertiary/aromatic N) is 2. The lowest BCUT2D eigenvalue weighted by Gasteiger charge is -2.14. The van der Waals surface area contributed by atoms with Gasteiger partial charge in [-0.2, -0.15) is 0 Å². The fraction of sp³-hybridized carbons (Fsp3) is 0.150. The Morgan fingerprint density at radius 3 is 2.68 bits per heavy atom. The van der Waals surface area contributed by atoms with E-state index in [1.165, 1.54) is 13.2 Å². The molecule has 0 radical (unpaired) electrons. The fourth-order valence-corrected chi connectivity index (χ4v) is 4.20. The molecule has 1 aromatic heterocycles. The molecule has 1 heterocycles. The predicted octanol–water partition coefficient (Wildman–Crippen LogP) is 6.25. The van der Waals surface area contributed by atoms with E-state index in [9.17, 15) is 9.90 Å². The summed E-state index contributed by atoms with van der Waals surface area (Å²) in [6.07, 6.45) is 1.47. The molecular formula is C20H15BrCl2N2O5S. The molecular weight excluding hydrogens is 531 g/mol. The molecule has 11 heteroatoms. The average Bonchev–Trinajstić information content (AvgIpc) is 3.12. The molecule has 0 aliphatic heterocycles. The molecule has 0 spiro atoms. The smallest absolute Gasteiger partial charge is 0.342 e. The summed E-state index contributed by atoms with van der Waals surface area (Å²) in [6, 6.07) is 8.51. The minimum atomic E-state index is -1.13. The number of carboxylic acids is 1. The fourth-order valence-electron chi connectivity index (χ4n) is 2.45. The number of hydrogen-bond acceptors (Lipinski definition) is 7. The van der Waals surface area contributed by atoms with E-state index >= 15 is 0 Å². The predicted molar refractivity (Wildman–Crippen MR) is 122 cm³/mol. The first-order chi connectivity index (χ1) is 14.8. The summed E-state index contributed by atoms with van der Waals surface area (Å²) < 4.78 is 17.2. The molecule has 0 aliphatic carbocycles. The number of halogens is 3. The Bertz CT molecular complexity index is 1150. The molecule has 0 unspecified atom stereocenters. The summed E-state index contributed by atoms with van der Waals surface area (Å²) in [5, 5.41) is 18.2. The summed E-state index contributed by atoms with van der Waals surface area (Å²) in [5.41, 5.74) is 1.32. The lowest BCUT2D eigenvalue weighted by atomic mass is 10.2. The van der Waals surface area contributed by atoms with Crippen LogP contribution in [0.1, 0.15) is 17.0 Å². The maximum Gasteiger partial charge on any atom is 0.342 e. The van der Waals surface area contributed by atoms with Crippen molar-refractivity contribution in [2.45, 2.75) is 18.8 Å². The standard InChI is InChI=1S/C20H15BrCl2N2O5S/c1-10-24-25-20(30-10)31-17(19(26)27)7-11-5-14(21)18(16(6-11)28-2)29-9-12-3-4-13(22)8-15(12)23/h3-8H,9H2,1-2H3,(H,26,27)/b17-7-. The average molecular weight is 546 g/mol. The van der Waals surface area contributed by atoms with Gasteiger partial charge in [-0.05, 0) is 63.6 Å². The largest absolute Gasteiger partial charge is 0.493 e. The molecule has 31 heavy (non-hydrogen) atoms. The van der Waals surface area contributed by atoms with Gasteiger partial charge >= 0.3 is 5.97 Å². The van der Waals surface area contributed by atoms with Crippen molar-refractivity contribution in [1.29, 1.82) is 0 Å². The van der Waals surface area contributed by atoms with Crippen LogP contribution in [0.2, 0.25) is 10.0 Å². The van der Waals surface area contributed by atoms with Crippen molar-refractivity contribution in [1.82, 2.24) is 10.2 Å². The second kappa shape index (κ2) is 10.4. The van der Waals surface area contributed by atoms with Crippen LogP contribution >= 0.6 is 50.9 Å². The number of carbonyl (C=O) groups is 1. The lowest BCUT2D eigenvalue weighted by Crippen LogP contribution is -2.00. The first-order valence-electron chi connectivity index (χ1n) is 8.64. The summed E-state index contributed by atoms with van der Waals surface area (Å²) in [6.45, 7) is 1.81. The summed E-state index contributed by atoms with van der Waals surface area (Å²) in [4.78, 5) is 11.7. The van der Waals surface area contributed by atoms with Gasteiger partial charge in [0, 0.05) is 22.5 Å². The van der Waals surface area contributed by atoms with E-state index in [0.717, 1.165) is 17.3 Å². The van der Waals surface area contributed by atoms with Crippen molar-refractivity contribution in [3.63, 3.8) is 0 Å². The molecule has 0 fully saturated rings. The summed E-state index contributed by atoms with van der Waals surface area (Å²) in [5.74, 6) is 0.0735. The number of benzene rings is 2. The molecule has 2 aromatic carbocycles. The maximum absolute atomic E-state index is 11.7. The van der Waals surface area contributed by atoms with E-state index in [-0.39, 0.29) is 16.7 Å². The molecule has 0 bridgehead atoms. The third kappa shape index (κ3) is 6.16. The Kier molecular flexibility index (Phi) is 7.88. The lowest BCUT2D eigenvalue weighted by molar-refractivity contribution is -0.131. The number of aryl methyl sites for hydroxylation is 1. The molecule has 0 saturated heterocycles. The van der Waals surface area contributed by atoms with E-state index in [4.69, 9.17) is 37.1 Å². The number of ether oxygens (including phenoxy) is 2. The van der Waals surface area contributed by atoms with Crippen LogP contribution in [0.25, 0.3) is 6.08 Å². The number of carboxylic acid groups (broad SMARTS) is 1. The zero-order chi connectivity index (χ0) is 22.5. The molecule has 3 rings (SSSR count). The van der Waals surface area contributed by atoms with Gasteiger partial charge in [0.2, 0.25) is 5.89 Å². The van der Waals surface area contributed by atoms with Gasteiger partial charge in [-0.15, -0.1) is 10.2 Å². The van der Waals surface area contributed by atoms with Gasteiger partial charge in [0.1, 0.15) is 11.5 Å². The van der Waals surface area contributed by atoms with Gasteiger partial charge in [-0.1, -0.05) is 29.3 Å². The van der Waals surface area contributed by atoms with Crippen LogP contribution in [-0.2, 0) is 11.4 Å². The maximum atomic E-state index is 11.7. The minimum absolute atomic E-state index is 0.000725. The Labute approximate surface area is 200 Å². The Balaban J connectivity index is 1.86. The Morgan fingerprint density at radius 1 is 1.29 bits per heavy atom. The molecule has 162 valence electrons. The highest BCUT2D eigenvalue weighted by Gasteiger charge is 2.17. The highest BCUT2D eigenvalue weighted by Crippen LogP contribution is 2.39. The van der Waals surface area contributed by atoms with Crippen molar-refractivity contribution >= 4 is 62.9 Å². The highest BCUT2D eigenvalue weighted by atomic mass is 79.9. The first-order valence-corrected chi connectivity index (χ1v) is 11.0. The first kappa shape index (κ1) is 23.5. The van der Waals surface area contributed by atoms with Crippen LogP contribution in [0.4, 0.5) is 0 Å². The summed E-state index contributed by atoms with van der Waals surface area (Å²) >= 11 is 16.4. The van der Waals surface area contributed by atoms with E-state index in [2.05, 4.69) is 26.1 Å². The van der Waals surface area contributed by atoms with Crippen LogP contribution in [0, 0.1) is 6.92 Å².